The normalized spacial score (nSPS) is 11.7. The molecule has 0 aliphatic heterocycles. The predicted molar refractivity (Wildman–Crippen MR) is 135 cm³/mol. The summed E-state index contributed by atoms with van der Waals surface area (Å²) in [6, 6.07) is 17.3. The zero-order valence-electron chi connectivity index (χ0n) is 21.9. The first kappa shape index (κ1) is 29.4. The maximum atomic E-state index is 13.1. The van der Waals surface area contributed by atoms with E-state index in [1.807, 2.05) is 65.8 Å². The van der Waals surface area contributed by atoms with Crippen molar-refractivity contribution < 1.29 is 17.6 Å². The van der Waals surface area contributed by atoms with Crippen molar-refractivity contribution in [2.24, 2.45) is 0 Å². The van der Waals surface area contributed by atoms with E-state index in [0.29, 0.717) is 5.56 Å². The van der Waals surface area contributed by atoms with Crippen LogP contribution in [0.1, 0.15) is 79.0 Å². The number of hydrogen-bond acceptors (Lipinski definition) is 0. The molecule has 0 N–H and O–H groups in total. The van der Waals surface area contributed by atoms with Crippen LogP contribution in [0.25, 0.3) is 0 Å². The Bertz CT molecular complexity index is 1030. The van der Waals surface area contributed by atoms with E-state index in [1.54, 1.807) is 6.07 Å². The van der Waals surface area contributed by atoms with Crippen LogP contribution >= 0.6 is 0 Å². The van der Waals surface area contributed by atoms with Crippen LogP contribution in [0.3, 0.4) is 0 Å². The van der Waals surface area contributed by atoms with Gasteiger partial charge in [-0.2, -0.15) is 0 Å². The third-order valence-corrected chi connectivity index (χ3v) is 5.13. The molecule has 0 amide bonds. The van der Waals surface area contributed by atoms with E-state index < -0.39 is 11.6 Å². The van der Waals surface area contributed by atoms with Gasteiger partial charge in [0.2, 0.25) is 0 Å². The van der Waals surface area contributed by atoms with Crippen molar-refractivity contribution in [3.8, 4) is 0 Å². The van der Waals surface area contributed by atoms with Crippen LogP contribution in [0.4, 0.5) is 17.6 Å². The molecule has 0 atom stereocenters. The molecule has 0 fully saturated rings. The molecule has 0 aliphatic rings. The molecule has 0 aromatic heterocycles. The van der Waals surface area contributed by atoms with Gasteiger partial charge in [0.25, 0.3) is 0 Å². The molecule has 4 heteroatoms. The second-order valence-corrected chi connectivity index (χ2v) is 11.4. The van der Waals surface area contributed by atoms with Crippen LogP contribution in [-0.4, -0.2) is 0 Å². The second-order valence-electron chi connectivity index (χ2n) is 11.4. The summed E-state index contributed by atoms with van der Waals surface area (Å²) < 4.78 is 51.2. The molecule has 0 nitrogen and oxygen atoms in total. The van der Waals surface area contributed by atoms with Crippen molar-refractivity contribution in [1.29, 1.82) is 0 Å². The Balaban J connectivity index is 0.000000255. The topological polar surface area (TPSA) is 0 Å². The Morgan fingerprint density at radius 1 is 0.441 bits per heavy atom. The highest BCUT2D eigenvalue weighted by molar-refractivity contribution is 5.26. The van der Waals surface area contributed by atoms with E-state index >= 15 is 0 Å². The van der Waals surface area contributed by atoms with Crippen molar-refractivity contribution in [3.63, 3.8) is 0 Å². The number of benzene rings is 3. The molecule has 0 saturated carbocycles. The van der Waals surface area contributed by atoms with Crippen LogP contribution in [-0.2, 0) is 16.2 Å². The molecule has 0 bridgehead atoms. The lowest BCUT2D eigenvalue weighted by atomic mass is 9.87. The van der Waals surface area contributed by atoms with Crippen LogP contribution in [0.15, 0.2) is 66.7 Å². The minimum atomic E-state index is -0.527. The smallest absolute Gasteiger partial charge is 0.129 e. The summed E-state index contributed by atoms with van der Waals surface area (Å²) in [5.41, 5.74) is 2.25. The SMILES string of the molecule is CC(C)(C)c1ccc(F)cc1.CC(C)(C)c1ccc(F)cc1F.CC(C)(C)c1ccccc1F. The summed E-state index contributed by atoms with van der Waals surface area (Å²) >= 11 is 0. The average molecular weight is 475 g/mol. The van der Waals surface area contributed by atoms with Crippen LogP contribution < -0.4 is 0 Å². The maximum Gasteiger partial charge on any atom is 0.129 e. The van der Waals surface area contributed by atoms with E-state index in [-0.39, 0.29) is 27.9 Å². The fourth-order valence-corrected chi connectivity index (χ4v) is 3.12. The first-order valence-corrected chi connectivity index (χ1v) is 11.4. The minimum absolute atomic E-state index is 0.0919. The van der Waals surface area contributed by atoms with Gasteiger partial charge in [0.05, 0.1) is 0 Å². The fraction of sp³-hybridized carbons (Fsp3) is 0.400. The third-order valence-electron chi connectivity index (χ3n) is 5.13. The van der Waals surface area contributed by atoms with Crippen molar-refractivity contribution >= 4 is 0 Å². The van der Waals surface area contributed by atoms with Gasteiger partial charge in [-0.25, -0.2) is 17.6 Å². The highest BCUT2D eigenvalue weighted by Crippen LogP contribution is 2.25. The summed E-state index contributed by atoms with van der Waals surface area (Å²) in [7, 11) is 0. The van der Waals surface area contributed by atoms with Crippen LogP contribution in [0.5, 0.6) is 0 Å². The molecular formula is C30H38F4. The molecule has 3 rings (SSSR count). The first-order chi connectivity index (χ1) is 15.4. The van der Waals surface area contributed by atoms with Crippen molar-refractivity contribution in [1.82, 2.24) is 0 Å². The molecule has 0 radical (unpaired) electrons. The molecule has 0 heterocycles. The summed E-state index contributed by atoms with van der Waals surface area (Å²) in [5, 5.41) is 0. The Kier molecular flexibility index (Phi) is 10.1. The molecule has 0 aliphatic carbocycles. The Hall–Kier alpha value is -2.62. The first-order valence-electron chi connectivity index (χ1n) is 11.4. The Morgan fingerprint density at radius 2 is 0.882 bits per heavy atom. The van der Waals surface area contributed by atoms with Gasteiger partial charge in [-0.05, 0) is 57.2 Å². The third kappa shape index (κ3) is 9.70. The molecule has 186 valence electrons. The van der Waals surface area contributed by atoms with Crippen molar-refractivity contribution in [2.45, 2.75) is 78.6 Å². The lowest BCUT2D eigenvalue weighted by Gasteiger charge is -2.19. The number of hydrogen-bond donors (Lipinski definition) is 0. The summed E-state index contributed by atoms with van der Waals surface area (Å²) in [6.45, 7) is 18.0. The average Bonchev–Trinajstić information content (AvgIpc) is 2.67. The van der Waals surface area contributed by atoms with Gasteiger partial charge >= 0.3 is 0 Å². The maximum absolute atomic E-state index is 13.1. The van der Waals surface area contributed by atoms with E-state index in [9.17, 15) is 17.6 Å². The Morgan fingerprint density at radius 3 is 1.26 bits per heavy atom. The Labute approximate surface area is 203 Å². The number of rotatable bonds is 0. The van der Waals surface area contributed by atoms with Crippen molar-refractivity contribution in [3.05, 3.63) is 107 Å². The molecule has 3 aromatic carbocycles. The number of halogens is 4. The van der Waals surface area contributed by atoms with Crippen LogP contribution in [0.2, 0.25) is 0 Å². The van der Waals surface area contributed by atoms with Gasteiger partial charge in [-0.3, -0.25) is 0 Å². The van der Waals surface area contributed by atoms with Crippen molar-refractivity contribution in [2.75, 3.05) is 0 Å². The predicted octanol–water partition coefficient (Wildman–Crippen LogP) is 9.51. The standard InChI is InChI=1S/C10H12F2.2C10H13F/c1-10(2,3)8-5-4-7(11)6-9(8)12;1-10(2,3)8-4-6-9(11)7-5-8;1-10(2,3)8-6-4-5-7-9(8)11/h4-6H,1-3H3;2*4-7H,1-3H3. The molecule has 0 unspecified atom stereocenters. The largest absolute Gasteiger partial charge is 0.207 e. The zero-order chi connectivity index (χ0) is 26.3. The van der Waals surface area contributed by atoms with Gasteiger partial charge in [0, 0.05) is 6.07 Å². The summed E-state index contributed by atoms with van der Waals surface area (Å²) in [6.07, 6.45) is 0. The molecule has 0 spiro atoms. The second kappa shape index (κ2) is 11.7. The van der Waals surface area contributed by atoms with Gasteiger partial charge < -0.3 is 0 Å². The monoisotopic (exact) mass is 474 g/mol. The zero-order valence-corrected chi connectivity index (χ0v) is 21.9. The molecule has 0 saturated heterocycles. The highest BCUT2D eigenvalue weighted by Gasteiger charge is 2.18. The van der Waals surface area contributed by atoms with Gasteiger partial charge in [-0.15, -0.1) is 0 Å². The van der Waals surface area contributed by atoms with E-state index in [2.05, 4.69) is 20.8 Å². The van der Waals surface area contributed by atoms with Gasteiger partial charge in [-0.1, -0.05) is 98.7 Å². The van der Waals surface area contributed by atoms with E-state index in [4.69, 9.17) is 0 Å². The summed E-state index contributed by atoms with van der Waals surface area (Å²) in [5.74, 6) is -1.28. The van der Waals surface area contributed by atoms with Gasteiger partial charge in [0.15, 0.2) is 0 Å². The van der Waals surface area contributed by atoms with Crippen LogP contribution in [0, 0.1) is 23.3 Å². The molecule has 3 aromatic rings. The van der Waals surface area contributed by atoms with Gasteiger partial charge in [0.1, 0.15) is 23.3 Å². The lowest BCUT2D eigenvalue weighted by Crippen LogP contribution is -2.13. The minimum Gasteiger partial charge on any atom is -0.207 e. The summed E-state index contributed by atoms with van der Waals surface area (Å²) in [4.78, 5) is 0. The highest BCUT2D eigenvalue weighted by atomic mass is 19.1. The molecular weight excluding hydrogens is 436 g/mol. The fourth-order valence-electron chi connectivity index (χ4n) is 3.12. The molecule has 34 heavy (non-hydrogen) atoms. The van der Waals surface area contributed by atoms with E-state index in [1.165, 1.54) is 35.9 Å². The lowest BCUT2D eigenvalue weighted by molar-refractivity contribution is 0.511. The van der Waals surface area contributed by atoms with E-state index in [0.717, 1.165) is 11.6 Å². The quantitative estimate of drug-likeness (QED) is 0.285.